The molecule has 0 aliphatic heterocycles. The number of nitrogens with one attached hydrogen (secondary N) is 1. The van der Waals surface area contributed by atoms with Gasteiger partial charge in [-0.1, -0.05) is 29.5 Å². The van der Waals surface area contributed by atoms with E-state index in [4.69, 9.17) is 19.3 Å². The molecule has 0 saturated carbocycles. The van der Waals surface area contributed by atoms with Crippen molar-refractivity contribution in [2.75, 3.05) is 26.6 Å². The molecule has 31 heavy (non-hydrogen) atoms. The molecular weight excluding hydrogens is 412 g/mol. The third-order valence-electron chi connectivity index (χ3n) is 4.86. The summed E-state index contributed by atoms with van der Waals surface area (Å²) in [4.78, 5) is 5.72. The number of ether oxygens (including phenoxy) is 3. The fourth-order valence-electron chi connectivity index (χ4n) is 3.28. The van der Waals surface area contributed by atoms with Gasteiger partial charge in [0.1, 0.15) is 11.4 Å². The Morgan fingerprint density at radius 3 is 2.35 bits per heavy atom. The summed E-state index contributed by atoms with van der Waals surface area (Å²) in [6.45, 7) is 2.53. The van der Waals surface area contributed by atoms with Crippen LogP contribution in [0.5, 0.6) is 17.2 Å². The van der Waals surface area contributed by atoms with Crippen LogP contribution in [0.4, 0.5) is 5.13 Å². The quantitative estimate of drug-likeness (QED) is 0.422. The van der Waals surface area contributed by atoms with Crippen molar-refractivity contribution in [3.63, 3.8) is 0 Å². The minimum atomic E-state index is 0.536. The summed E-state index contributed by atoms with van der Waals surface area (Å²) in [6, 6.07) is 15.8. The first-order chi connectivity index (χ1) is 15.1. The summed E-state index contributed by atoms with van der Waals surface area (Å²) >= 11 is 1.58. The van der Waals surface area contributed by atoms with E-state index in [0.29, 0.717) is 18.0 Å². The number of nitrogens with zero attached hydrogens (tertiary/aromatic N) is 3. The second kappa shape index (κ2) is 9.09. The molecule has 0 aliphatic carbocycles. The van der Waals surface area contributed by atoms with Crippen LogP contribution in [0.3, 0.4) is 0 Å². The van der Waals surface area contributed by atoms with E-state index in [1.165, 1.54) is 0 Å². The maximum atomic E-state index is 5.51. The molecule has 0 unspecified atom stereocenters. The Morgan fingerprint density at radius 2 is 1.65 bits per heavy atom. The number of anilines is 1. The van der Waals surface area contributed by atoms with Crippen LogP contribution in [0.25, 0.3) is 16.3 Å². The van der Waals surface area contributed by atoms with E-state index in [2.05, 4.69) is 10.3 Å². The van der Waals surface area contributed by atoms with Gasteiger partial charge in [-0.3, -0.25) is 0 Å². The molecule has 2 aromatic carbocycles. The third kappa shape index (κ3) is 4.34. The molecule has 4 rings (SSSR count). The second-order valence-electron chi connectivity index (χ2n) is 6.79. The molecule has 1 N–H and O–H groups in total. The highest BCUT2D eigenvalue weighted by atomic mass is 32.1. The third-order valence-corrected chi connectivity index (χ3v) is 5.99. The Hall–Kier alpha value is -3.52. The number of hydrogen-bond donors (Lipinski definition) is 1. The normalized spacial score (nSPS) is 10.7. The lowest BCUT2D eigenvalue weighted by molar-refractivity contribution is 0.347. The highest BCUT2D eigenvalue weighted by Gasteiger charge is 2.15. The van der Waals surface area contributed by atoms with Gasteiger partial charge in [-0.2, -0.15) is 5.10 Å². The van der Waals surface area contributed by atoms with Crippen LogP contribution in [0.2, 0.25) is 0 Å². The lowest BCUT2D eigenvalue weighted by Gasteiger charge is -2.14. The van der Waals surface area contributed by atoms with E-state index < -0.39 is 0 Å². The molecule has 0 spiro atoms. The van der Waals surface area contributed by atoms with Crippen LogP contribution >= 0.6 is 11.3 Å². The predicted molar refractivity (Wildman–Crippen MR) is 123 cm³/mol. The molecule has 0 fully saturated rings. The number of methoxy groups -OCH3 is 3. The second-order valence-corrected chi connectivity index (χ2v) is 7.79. The van der Waals surface area contributed by atoms with Gasteiger partial charge in [-0.25, -0.2) is 9.67 Å². The standard InChI is InChI=1S/C23H24N4O3S/c1-15-22(18-10-11-27(26-18)17-8-6-5-7-9-17)31-23(25-15)24-14-16-12-20(29-3)21(30-4)13-19(16)28-2/h5-13H,14H2,1-4H3,(H,24,25). The Labute approximate surface area is 185 Å². The largest absolute Gasteiger partial charge is 0.496 e. The van der Waals surface area contributed by atoms with Crippen LogP contribution in [-0.4, -0.2) is 36.1 Å². The number of aromatic nitrogens is 3. The topological polar surface area (TPSA) is 70.4 Å². The van der Waals surface area contributed by atoms with Crippen molar-refractivity contribution in [2.24, 2.45) is 0 Å². The molecule has 0 saturated heterocycles. The minimum Gasteiger partial charge on any atom is -0.496 e. The number of thiazole rings is 1. The molecule has 4 aromatic rings. The first-order valence-electron chi connectivity index (χ1n) is 9.74. The van der Waals surface area contributed by atoms with E-state index >= 15 is 0 Å². The minimum absolute atomic E-state index is 0.536. The Morgan fingerprint density at radius 1 is 0.935 bits per heavy atom. The number of rotatable bonds is 8. The van der Waals surface area contributed by atoms with Crippen LogP contribution in [0.1, 0.15) is 11.3 Å². The number of para-hydroxylation sites is 1. The van der Waals surface area contributed by atoms with Gasteiger partial charge < -0.3 is 19.5 Å². The Balaban J connectivity index is 1.54. The van der Waals surface area contributed by atoms with Crippen molar-refractivity contribution in [3.05, 3.63) is 66.0 Å². The maximum absolute atomic E-state index is 5.51. The maximum Gasteiger partial charge on any atom is 0.183 e. The summed E-state index contributed by atoms with van der Waals surface area (Å²) in [5, 5.41) is 8.93. The van der Waals surface area contributed by atoms with Crippen molar-refractivity contribution < 1.29 is 14.2 Å². The van der Waals surface area contributed by atoms with Crippen molar-refractivity contribution in [3.8, 4) is 33.5 Å². The smallest absolute Gasteiger partial charge is 0.183 e. The summed E-state index contributed by atoms with van der Waals surface area (Å²) < 4.78 is 18.2. The SMILES string of the molecule is COc1cc(OC)c(OC)cc1CNc1nc(C)c(-c2ccn(-c3ccccc3)n2)s1. The summed E-state index contributed by atoms with van der Waals surface area (Å²) in [5.74, 6) is 2.01. The lowest BCUT2D eigenvalue weighted by atomic mass is 10.1. The molecule has 7 nitrogen and oxygen atoms in total. The van der Waals surface area contributed by atoms with Gasteiger partial charge in [0.05, 0.1) is 37.6 Å². The zero-order valence-corrected chi connectivity index (χ0v) is 18.7. The first-order valence-corrected chi connectivity index (χ1v) is 10.6. The van der Waals surface area contributed by atoms with Crippen LogP contribution in [0.15, 0.2) is 54.7 Å². The van der Waals surface area contributed by atoms with Crippen molar-refractivity contribution in [2.45, 2.75) is 13.5 Å². The van der Waals surface area contributed by atoms with Gasteiger partial charge in [0.25, 0.3) is 0 Å². The molecule has 2 heterocycles. The van der Waals surface area contributed by atoms with Gasteiger partial charge in [0, 0.05) is 24.4 Å². The molecule has 0 atom stereocenters. The molecule has 160 valence electrons. The zero-order valence-electron chi connectivity index (χ0n) is 17.9. The zero-order chi connectivity index (χ0) is 21.8. The Kier molecular flexibility index (Phi) is 6.08. The molecule has 0 bridgehead atoms. The van der Waals surface area contributed by atoms with E-state index in [-0.39, 0.29) is 0 Å². The van der Waals surface area contributed by atoms with Crippen LogP contribution in [-0.2, 0) is 6.54 Å². The predicted octanol–water partition coefficient (Wildman–Crippen LogP) is 4.94. The highest BCUT2D eigenvalue weighted by molar-refractivity contribution is 7.19. The van der Waals surface area contributed by atoms with Crippen molar-refractivity contribution in [1.29, 1.82) is 0 Å². The van der Waals surface area contributed by atoms with Crippen molar-refractivity contribution >= 4 is 16.5 Å². The van der Waals surface area contributed by atoms with Crippen LogP contribution < -0.4 is 19.5 Å². The fourth-order valence-corrected chi connectivity index (χ4v) is 4.21. The highest BCUT2D eigenvalue weighted by Crippen LogP contribution is 2.36. The first kappa shape index (κ1) is 20.7. The number of benzene rings is 2. The lowest BCUT2D eigenvalue weighted by Crippen LogP contribution is -2.03. The molecule has 2 aromatic heterocycles. The monoisotopic (exact) mass is 436 g/mol. The summed E-state index contributed by atoms with van der Waals surface area (Å²) in [7, 11) is 4.86. The van der Waals surface area contributed by atoms with Gasteiger partial charge in [0.15, 0.2) is 16.6 Å². The average molecular weight is 437 g/mol. The molecule has 8 heteroatoms. The van der Waals surface area contributed by atoms with Gasteiger partial charge >= 0.3 is 0 Å². The molecular formula is C23H24N4O3S. The fraction of sp³-hybridized carbons (Fsp3) is 0.217. The van der Waals surface area contributed by atoms with Crippen LogP contribution in [0, 0.1) is 6.92 Å². The van der Waals surface area contributed by atoms with Gasteiger partial charge in [-0.15, -0.1) is 0 Å². The summed E-state index contributed by atoms with van der Waals surface area (Å²) in [6.07, 6.45) is 1.96. The van der Waals surface area contributed by atoms with E-state index in [1.807, 2.05) is 66.3 Å². The van der Waals surface area contributed by atoms with Gasteiger partial charge in [0.2, 0.25) is 0 Å². The molecule has 0 amide bonds. The number of hydrogen-bond acceptors (Lipinski definition) is 7. The molecule has 0 aliphatic rings. The average Bonchev–Trinajstić information content (AvgIpc) is 3.44. The Bertz CT molecular complexity index is 1170. The number of aryl methyl sites for hydroxylation is 1. The van der Waals surface area contributed by atoms with E-state index in [9.17, 15) is 0 Å². The van der Waals surface area contributed by atoms with E-state index in [0.717, 1.165) is 38.4 Å². The summed E-state index contributed by atoms with van der Waals surface area (Å²) in [5.41, 5.74) is 3.80. The van der Waals surface area contributed by atoms with Crippen molar-refractivity contribution in [1.82, 2.24) is 14.8 Å². The molecule has 0 radical (unpaired) electrons. The van der Waals surface area contributed by atoms with E-state index in [1.54, 1.807) is 32.7 Å². The van der Waals surface area contributed by atoms with Gasteiger partial charge in [-0.05, 0) is 31.2 Å².